The summed E-state index contributed by atoms with van der Waals surface area (Å²) in [4.78, 5) is 17.1. The Morgan fingerprint density at radius 1 is 1.57 bits per heavy atom. The van der Waals surface area contributed by atoms with Crippen molar-refractivity contribution in [2.24, 2.45) is 0 Å². The zero-order chi connectivity index (χ0) is 15.1. The molecule has 2 aromatic rings. The Balaban J connectivity index is 1.99. The lowest BCUT2D eigenvalue weighted by Gasteiger charge is -2.07. The smallest absolute Gasteiger partial charge is 0.257 e. The van der Waals surface area contributed by atoms with Crippen LogP contribution in [0.1, 0.15) is 20.8 Å². The van der Waals surface area contributed by atoms with Crippen molar-refractivity contribution in [2.75, 3.05) is 13.7 Å². The van der Waals surface area contributed by atoms with Crippen LogP contribution in [0.4, 0.5) is 0 Å². The molecule has 0 spiro atoms. The van der Waals surface area contributed by atoms with Gasteiger partial charge in [-0.25, -0.2) is 4.98 Å². The zero-order valence-corrected chi connectivity index (χ0v) is 12.2. The van der Waals surface area contributed by atoms with E-state index in [0.717, 1.165) is 10.4 Å². The molecule has 2 heterocycles. The highest BCUT2D eigenvalue weighted by Gasteiger charge is 2.12. The van der Waals surface area contributed by atoms with Crippen LogP contribution >= 0.6 is 11.3 Å². The van der Waals surface area contributed by atoms with Crippen molar-refractivity contribution < 1.29 is 14.6 Å². The van der Waals surface area contributed by atoms with Crippen LogP contribution in [-0.2, 0) is 6.54 Å². The van der Waals surface area contributed by atoms with Gasteiger partial charge >= 0.3 is 0 Å². The topological polar surface area (TPSA) is 71.5 Å². The van der Waals surface area contributed by atoms with Crippen molar-refractivity contribution in [2.45, 2.75) is 6.54 Å². The second-order valence-corrected chi connectivity index (χ2v) is 5.00. The molecule has 2 rings (SSSR count). The summed E-state index contributed by atoms with van der Waals surface area (Å²) in [7, 11) is 1.48. The molecule has 2 aromatic heterocycles. The molecule has 108 valence electrons. The van der Waals surface area contributed by atoms with Gasteiger partial charge in [0.25, 0.3) is 5.91 Å². The summed E-state index contributed by atoms with van der Waals surface area (Å²) in [5.41, 5.74) is 1.23. The third-order valence-electron chi connectivity index (χ3n) is 2.60. The second kappa shape index (κ2) is 7.43. The molecule has 0 radical (unpaired) electrons. The van der Waals surface area contributed by atoms with Gasteiger partial charge in [-0.1, -0.05) is 11.8 Å². The van der Waals surface area contributed by atoms with Crippen molar-refractivity contribution in [1.29, 1.82) is 0 Å². The summed E-state index contributed by atoms with van der Waals surface area (Å²) in [5, 5.41) is 13.3. The molecule has 0 aliphatic carbocycles. The first-order valence-corrected chi connectivity index (χ1v) is 7.07. The fourth-order valence-corrected chi connectivity index (χ4v) is 2.43. The van der Waals surface area contributed by atoms with Crippen LogP contribution in [0.25, 0.3) is 0 Å². The number of aliphatic hydroxyl groups excluding tert-OH is 1. The Bertz CT molecular complexity index is 685. The molecular formula is C15H14N2O3S. The van der Waals surface area contributed by atoms with E-state index >= 15 is 0 Å². The normalized spacial score (nSPS) is 9.62. The molecule has 0 fully saturated rings. The van der Waals surface area contributed by atoms with E-state index in [4.69, 9.17) is 9.84 Å². The van der Waals surface area contributed by atoms with Gasteiger partial charge in [-0.2, -0.15) is 0 Å². The number of ether oxygens (including phenoxy) is 1. The minimum atomic E-state index is -0.239. The molecule has 0 saturated carbocycles. The SMILES string of the molecule is COc1ncccc1C(=O)NCc1cc(C#CCO)cs1. The number of rotatable bonds is 4. The molecule has 0 saturated heterocycles. The monoisotopic (exact) mass is 302 g/mol. The van der Waals surface area contributed by atoms with E-state index in [9.17, 15) is 4.79 Å². The van der Waals surface area contributed by atoms with Gasteiger partial charge in [0.15, 0.2) is 0 Å². The maximum absolute atomic E-state index is 12.1. The number of nitrogens with zero attached hydrogens (tertiary/aromatic N) is 1. The molecule has 2 N–H and O–H groups in total. The lowest BCUT2D eigenvalue weighted by atomic mass is 10.2. The predicted octanol–water partition coefficient (Wildman–Crippen LogP) is 1.43. The number of hydrogen-bond donors (Lipinski definition) is 2. The highest BCUT2D eigenvalue weighted by Crippen LogP contribution is 2.16. The molecule has 1 amide bonds. The number of aliphatic hydroxyl groups is 1. The molecule has 0 aliphatic heterocycles. The number of aromatic nitrogens is 1. The van der Waals surface area contributed by atoms with E-state index in [0.29, 0.717) is 18.0 Å². The number of methoxy groups -OCH3 is 1. The van der Waals surface area contributed by atoms with Crippen molar-refractivity contribution in [3.05, 3.63) is 45.8 Å². The number of carbonyl (C=O) groups is 1. The van der Waals surface area contributed by atoms with Gasteiger partial charge in [0, 0.05) is 22.0 Å². The molecule has 0 unspecified atom stereocenters. The van der Waals surface area contributed by atoms with Crippen LogP contribution in [0, 0.1) is 11.8 Å². The Labute approximate surface area is 126 Å². The predicted molar refractivity (Wildman–Crippen MR) is 80.2 cm³/mol. The molecule has 0 aliphatic rings. The van der Waals surface area contributed by atoms with Crippen molar-refractivity contribution in [3.8, 4) is 17.7 Å². The Morgan fingerprint density at radius 3 is 3.19 bits per heavy atom. The molecule has 0 aromatic carbocycles. The lowest BCUT2D eigenvalue weighted by molar-refractivity contribution is 0.0947. The fraction of sp³-hybridized carbons (Fsp3) is 0.200. The average molecular weight is 302 g/mol. The quantitative estimate of drug-likeness (QED) is 0.838. The first-order chi connectivity index (χ1) is 10.2. The Hall–Kier alpha value is -2.36. The van der Waals surface area contributed by atoms with Crippen LogP contribution in [0.5, 0.6) is 5.88 Å². The van der Waals surface area contributed by atoms with E-state index in [1.807, 2.05) is 11.4 Å². The van der Waals surface area contributed by atoms with Crippen molar-refractivity contribution >= 4 is 17.2 Å². The molecule has 0 bridgehead atoms. The van der Waals surface area contributed by atoms with Gasteiger partial charge in [0.1, 0.15) is 12.2 Å². The fourth-order valence-electron chi connectivity index (χ4n) is 1.67. The van der Waals surface area contributed by atoms with Crippen molar-refractivity contribution in [3.63, 3.8) is 0 Å². The highest BCUT2D eigenvalue weighted by molar-refractivity contribution is 7.10. The summed E-state index contributed by atoms with van der Waals surface area (Å²) in [6, 6.07) is 5.23. The maximum atomic E-state index is 12.1. The van der Waals surface area contributed by atoms with Gasteiger partial charge in [-0.15, -0.1) is 11.3 Å². The van der Waals surface area contributed by atoms with Crippen LogP contribution in [0.3, 0.4) is 0 Å². The van der Waals surface area contributed by atoms with Crippen LogP contribution in [0.15, 0.2) is 29.8 Å². The van der Waals surface area contributed by atoms with Crippen LogP contribution in [0.2, 0.25) is 0 Å². The average Bonchev–Trinajstić information content (AvgIpc) is 2.98. The van der Waals surface area contributed by atoms with Gasteiger partial charge in [0.05, 0.1) is 13.7 Å². The highest BCUT2D eigenvalue weighted by atomic mass is 32.1. The molecule has 0 atom stereocenters. The van der Waals surface area contributed by atoms with E-state index in [-0.39, 0.29) is 12.5 Å². The van der Waals surface area contributed by atoms with Gasteiger partial charge in [0.2, 0.25) is 5.88 Å². The summed E-state index contributed by atoms with van der Waals surface area (Å²) in [6.45, 7) is 0.241. The van der Waals surface area contributed by atoms with E-state index in [2.05, 4.69) is 22.1 Å². The minimum Gasteiger partial charge on any atom is -0.480 e. The Kier molecular flexibility index (Phi) is 5.32. The van der Waals surface area contributed by atoms with Gasteiger partial charge in [-0.3, -0.25) is 4.79 Å². The molecular weight excluding hydrogens is 288 g/mol. The lowest BCUT2D eigenvalue weighted by Crippen LogP contribution is -2.23. The van der Waals surface area contributed by atoms with Gasteiger partial charge < -0.3 is 15.2 Å². The summed E-state index contributed by atoms with van der Waals surface area (Å²) >= 11 is 1.50. The zero-order valence-electron chi connectivity index (χ0n) is 11.4. The van der Waals surface area contributed by atoms with Crippen LogP contribution in [-0.4, -0.2) is 29.7 Å². The molecule has 6 heteroatoms. The van der Waals surface area contributed by atoms with Gasteiger partial charge in [-0.05, 0) is 18.2 Å². The molecule has 5 nitrogen and oxygen atoms in total. The number of carbonyl (C=O) groups excluding carboxylic acids is 1. The number of nitrogens with one attached hydrogen (secondary N) is 1. The number of thiophene rings is 1. The largest absolute Gasteiger partial charge is 0.480 e. The number of pyridine rings is 1. The number of hydrogen-bond acceptors (Lipinski definition) is 5. The summed E-state index contributed by atoms with van der Waals surface area (Å²) in [6.07, 6.45) is 1.57. The van der Waals surface area contributed by atoms with Crippen molar-refractivity contribution in [1.82, 2.24) is 10.3 Å². The van der Waals surface area contributed by atoms with Crippen LogP contribution < -0.4 is 10.1 Å². The summed E-state index contributed by atoms with van der Waals surface area (Å²) in [5.74, 6) is 5.47. The standard InChI is InChI=1S/C15H14N2O3S/c1-20-15-13(5-2-6-16-15)14(19)17-9-12-8-11(10-21-12)4-3-7-18/h2,5-6,8,10,18H,7,9H2,1H3,(H,17,19). The third-order valence-corrected chi connectivity index (χ3v) is 3.53. The Morgan fingerprint density at radius 2 is 2.43 bits per heavy atom. The second-order valence-electron chi connectivity index (χ2n) is 4.00. The summed E-state index contributed by atoms with van der Waals surface area (Å²) < 4.78 is 5.06. The third kappa shape index (κ3) is 4.05. The van der Waals surface area contributed by atoms with E-state index in [1.54, 1.807) is 18.3 Å². The maximum Gasteiger partial charge on any atom is 0.257 e. The number of amides is 1. The first kappa shape index (κ1) is 15.0. The minimum absolute atomic E-state index is 0.164. The van der Waals surface area contributed by atoms with E-state index < -0.39 is 0 Å². The first-order valence-electron chi connectivity index (χ1n) is 6.19. The van der Waals surface area contributed by atoms with E-state index in [1.165, 1.54) is 18.4 Å². The molecule has 21 heavy (non-hydrogen) atoms.